The van der Waals surface area contributed by atoms with Gasteiger partial charge >= 0.3 is 0 Å². The van der Waals surface area contributed by atoms with Gasteiger partial charge in [0.15, 0.2) is 11.9 Å². The average Bonchev–Trinajstić information content (AvgIpc) is 3.47. The molecule has 10 N–H and O–H groups in total. The molecule has 0 amide bonds. The van der Waals surface area contributed by atoms with Crippen molar-refractivity contribution < 1.29 is 0 Å². The Morgan fingerprint density at radius 1 is 1.03 bits per heavy atom. The standard InChI is InChI=1S/C19H26N10O2S3/c20-17(21)28-16(11-8-32-9-26-11)33-6-5-25-13-12(14(30)15(13)31)24-4-2-1-3-10-7-34-19(27-10)29-18(22)23/h7-9,16,24-25H,1-6H2,(H4,20,21,28)(H4,22,23,27,29). The van der Waals surface area contributed by atoms with Gasteiger partial charge in [0.2, 0.25) is 5.13 Å². The summed E-state index contributed by atoms with van der Waals surface area (Å²) in [6.45, 7) is 1.03. The predicted molar refractivity (Wildman–Crippen MR) is 142 cm³/mol. The van der Waals surface area contributed by atoms with E-state index in [0.29, 0.717) is 35.3 Å². The SMILES string of the molecule is NC(N)=Nc1nc(CCCCNc2c(NCCSC(N=C(N)N)c3cscn3)c(=O)c2=O)cs1. The molecule has 12 nitrogen and oxygen atoms in total. The molecule has 0 spiro atoms. The van der Waals surface area contributed by atoms with Crippen LogP contribution in [0.4, 0.5) is 16.5 Å². The van der Waals surface area contributed by atoms with Crippen LogP contribution in [0.2, 0.25) is 0 Å². The van der Waals surface area contributed by atoms with Crippen LogP contribution in [-0.4, -0.2) is 40.7 Å². The van der Waals surface area contributed by atoms with Crippen molar-refractivity contribution in [1.82, 2.24) is 9.97 Å². The first-order valence-corrected chi connectivity index (χ1v) is 13.2. The van der Waals surface area contributed by atoms with Gasteiger partial charge in [-0.1, -0.05) is 0 Å². The van der Waals surface area contributed by atoms with Crippen molar-refractivity contribution in [3.05, 3.63) is 48.1 Å². The smallest absolute Gasteiger partial charge is 0.253 e. The van der Waals surface area contributed by atoms with Gasteiger partial charge < -0.3 is 33.6 Å². The third-order valence-electron chi connectivity index (χ3n) is 4.49. The second-order valence-electron chi connectivity index (χ2n) is 7.07. The highest BCUT2D eigenvalue weighted by Gasteiger charge is 2.20. The number of rotatable bonds is 14. The molecule has 182 valence electrons. The minimum absolute atomic E-state index is 0.0172. The largest absolute Gasteiger partial charge is 0.380 e. The van der Waals surface area contributed by atoms with Crippen LogP contribution in [0.3, 0.4) is 0 Å². The first kappa shape index (κ1) is 25.5. The highest BCUT2D eigenvalue weighted by atomic mass is 32.2. The number of hydrogen-bond acceptors (Lipinski definition) is 11. The zero-order chi connectivity index (χ0) is 24.5. The van der Waals surface area contributed by atoms with Crippen molar-refractivity contribution in [2.75, 3.05) is 29.5 Å². The molecule has 1 atom stereocenters. The number of unbranched alkanes of at least 4 members (excludes halogenated alkanes) is 1. The molecule has 0 aliphatic heterocycles. The van der Waals surface area contributed by atoms with Crippen LogP contribution in [0.15, 0.2) is 35.8 Å². The van der Waals surface area contributed by atoms with E-state index in [1.54, 1.807) is 5.51 Å². The molecule has 0 fully saturated rings. The lowest BCUT2D eigenvalue weighted by atomic mass is 10.1. The quantitative estimate of drug-likeness (QED) is 0.0748. The van der Waals surface area contributed by atoms with E-state index in [9.17, 15) is 9.59 Å². The third-order valence-corrected chi connectivity index (χ3v) is 6.98. The molecule has 0 radical (unpaired) electrons. The minimum Gasteiger partial charge on any atom is -0.380 e. The number of nitrogens with one attached hydrogen (secondary N) is 2. The first-order valence-electron chi connectivity index (χ1n) is 10.3. The van der Waals surface area contributed by atoms with E-state index in [-0.39, 0.29) is 17.3 Å². The van der Waals surface area contributed by atoms with Crippen molar-refractivity contribution in [3.63, 3.8) is 0 Å². The Labute approximate surface area is 207 Å². The molecule has 0 saturated carbocycles. The maximum Gasteiger partial charge on any atom is 0.253 e. The Morgan fingerprint density at radius 3 is 2.41 bits per heavy atom. The molecular weight excluding hydrogens is 496 g/mol. The molecule has 0 aliphatic carbocycles. The second-order valence-corrected chi connectivity index (χ2v) is 9.81. The molecule has 0 aliphatic rings. The lowest BCUT2D eigenvalue weighted by Gasteiger charge is -2.15. The Bertz CT molecular complexity index is 1190. The molecule has 2 heterocycles. The van der Waals surface area contributed by atoms with Crippen molar-refractivity contribution in [2.45, 2.75) is 24.6 Å². The number of guanidine groups is 2. The normalized spacial score (nSPS) is 11.8. The van der Waals surface area contributed by atoms with Gasteiger partial charge in [0.25, 0.3) is 10.9 Å². The molecule has 1 aromatic carbocycles. The number of aliphatic imine (C=N–C) groups is 2. The predicted octanol–water partition coefficient (Wildman–Crippen LogP) is 0.653. The zero-order valence-electron chi connectivity index (χ0n) is 18.2. The van der Waals surface area contributed by atoms with Crippen LogP contribution in [-0.2, 0) is 6.42 Å². The lowest BCUT2D eigenvalue weighted by molar-refractivity contribution is 0.752. The summed E-state index contributed by atoms with van der Waals surface area (Å²) in [6.07, 6.45) is 2.43. The average molecular weight is 523 g/mol. The van der Waals surface area contributed by atoms with E-state index in [4.69, 9.17) is 22.9 Å². The molecule has 15 heteroatoms. The van der Waals surface area contributed by atoms with Crippen LogP contribution in [0, 0.1) is 0 Å². The highest BCUT2D eigenvalue weighted by Crippen LogP contribution is 2.29. The van der Waals surface area contributed by atoms with E-state index in [1.165, 1.54) is 34.4 Å². The van der Waals surface area contributed by atoms with Gasteiger partial charge in [-0.25, -0.2) is 15.0 Å². The fourth-order valence-electron chi connectivity index (χ4n) is 2.96. The number of anilines is 2. The van der Waals surface area contributed by atoms with E-state index >= 15 is 0 Å². The Kier molecular flexibility index (Phi) is 9.24. The molecule has 0 saturated heterocycles. The fourth-order valence-corrected chi connectivity index (χ4v) is 5.30. The number of aryl methyl sites for hydroxylation is 1. The van der Waals surface area contributed by atoms with Gasteiger partial charge in [0, 0.05) is 29.6 Å². The van der Waals surface area contributed by atoms with Gasteiger partial charge in [-0.05, 0) is 19.3 Å². The van der Waals surface area contributed by atoms with Crippen LogP contribution in [0.1, 0.15) is 29.6 Å². The number of nitrogens with two attached hydrogens (primary N) is 4. The molecular formula is C19H26N10O2S3. The number of thiazole rings is 2. The number of aromatic nitrogens is 2. The topological polar surface area (TPSA) is 213 Å². The molecule has 34 heavy (non-hydrogen) atoms. The third kappa shape index (κ3) is 7.16. The summed E-state index contributed by atoms with van der Waals surface area (Å²) in [4.78, 5) is 40.6. The van der Waals surface area contributed by atoms with Gasteiger partial charge in [0.1, 0.15) is 16.7 Å². The van der Waals surface area contributed by atoms with E-state index in [0.717, 1.165) is 30.7 Å². The van der Waals surface area contributed by atoms with Crippen molar-refractivity contribution >= 4 is 62.9 Å². The van der Waals surface area contributed by atoms with Gasteiger partial charge in [-0.15, -0.1) is 34.4 Å². The van der Waals surface area contributed by atoms with Crippen LogP contribution in [0.25, 0.3) is 0 Å². The summed E-state index contributed by atoms with van der Waals surface area (Å²) < 4.78 is 0. The molecule has 3 aromatic rings. The Balaban J connectivity index is 1.40. The summed E-state index contributed by atoms with van der Waals surface area (Å²) in [5.74, 6) is 0.567. The van der Waals surface area contributed by atoms with Gasteiger partial charge in [-0.3, -0.25) is 9.59 Å². The lowest BCUT2D eigenvalue weighted by Crippen LogP contribution is -2.38. The fraction of sp³-hybridized carbons (Fsp3) is 0.368. The molecule has 3 rings (SSSR count). The van der Waals surface area contributed by atoms with Crippen molar-refractivity contribution in [3.8, 4) is 0 Å². The summed E-state index contributed by atoms with van der Waals surface area (Å²) in [6, 6.07) is 0. The zero-order valence-corrected chi connectivity index (χ0v) is 20.6. The second kappa shape index (κ2) is 12.3. The van der Waals surface area contributed by atoms with Gasteiger partial charge in [-0.2, -0.15) is 4.99 Å². The number of nitrogens with zero attached hydrogens (tertiary/aromatic N) is 4. The summed E-state index contributed by atoms with van der Waals surface area (Å²) in [5, 5.41) is 10.1. The van der Waals surface area contributed by atoms with E-state index < -0.39 is 10.9 Å². The summed E-state index contributed by atoms with van der Waals surface area (Å²) >= 11 is 4.32. The van der Waals surface area contributed by atoms with Crippen LogP contribution >= 0.6 is 34.4 Å². The van der Waals surface area contributed by atoms with E-state index in [1.807, 2.05) is 10.8 Å². The monoisotopic (exact) mass is 522 g/mol. The molecule has 2 aromatic heterocycles. The molecule has 0 bridgehead atoms. The molecule has 1 unspecified atom stereocenters. The van der Waals surface area contributed by atoms with E-state index in [2.05, 4.69) is 30.6 Å². The number of thioether (sulfide) groups is 1. The number of hydrogen-bond donors (Lipinski definition) is 6. The van der Waals surface area contributed by atoms with Crippen molar-refractivity contribution in [1.29, 1.82) is 0 Å². The maximum atomic E-state index is 12.0. The van der Waals surface area contributed by atoms with Crippen LogP contribution < -0.4 is 44.4 Å². The van der Waals surface area contributed by atoms with Crippen molar-refractivity contribution in [2.24, 2.45) is 32.9 Å². The van der Waals surface area contributed by atoms with Crippen LogP contribution in [0.5, 0.6) is 0 Å². The highest BCUT2D eigenvalue weighted by molar-refractivity contribution is 7.99. The summed E-state index contributed by atoms with van der Waals surface area (Å²) in [7, 11) is 0. The minimum atomic E-state index is -0.512. The maximum absolute atomic E-state index is 12.0. The summed E-state index contributed by atoms with van der Waals surface area (Å²) in [5.41, 5.74) is 24.8. The Morgan fingerprint density at radius 2 is 1.76 bits per heavy atom. The van der Waals surface area contributed by atoms with Gasteiger partial charge in [0.05, 0.1) is 16.9 Å². The first-order chi connectivity index (χ1) is 16.3. The Hall–Kier alpha value is -3.17.